The van der Waals surface area contributed by atoms with Gasteiger partial charge in [-0.2, -0.15) is 5.26 Å². The lowest BCUT2D eigenvalue weighted by atomic mass is 10.1. The van der Waals surface area contributed by atoms with Gasteiger partial charge in [-0.15, -0.1) is 0 Å². The van der Waals surface area contributed by atoms with Gasteiger partial charge in [0.1, 0.15) is 11.9 Å². The van der Waals surface area contributed by atoms with E-state index in [1.54, 1.807) is 0 Å². The van der Waals surface area contributed by atoms with Crippen LogP contribution >= 0.6 is 0 Å². The van der Waals surface area contributed by atoms with Crippen LogP contribution in [-0.4, -0.2) is 9.97 Å². The van der Waals surface area contributed by atoms with Crippen LogP contribution in [0.25, 0.3) is 0 Å². The van der Waals surface area contributed by atoms with Crippen molar-refractivity contribution in [2.75, 3.05) is 0 Å². The molecule has 0 aliphatic rings. The molecule has 64 valence electrons. The normalized spacial score (nSPS) is 10.2. The van der Waals surface area contributed by atoms with Crippen LogP contribution in [0.1, 0.15) is 31.1 Å². The van der Waals surface area contributed by atoms with Gasteiger partial charge in [0.15, 0.2) is 5.69 Å². The summed E-state index contributed by atoms with van der Waals surface area (Å²) in [5, 5.41) is 8.71. The number of rotatable bonds is 2. The number of nitrogens with zero attached hydrogens (tertiary/aromatic N) is 2. The number of aryl methyl sites for hydroxylation is 1. The Hall–Kier alpha value is -1.30. The fourth-order valence-corrected chi connectivity index (χ4v) is 1.19. The van der Waals surface area contributed by atoms with Gasteiger partial charge >= 0.3 is 0 Å². The third-order valence-electron chi connectivity index (χ3n) is 1.62. The highest BCUT2D eigenvalue weighted by molar-refractivity contribution is 5.27. The Kier molecular flexibility index (Phi) is 2.49. The lowest BCUT2D eigenvalue weighted by Gasteiger charge is -2.00. The second kappa shape index (κ2) is 3.40. The van der Waals surface area contributed by atoms with Crippen molar-refractivity contribution < 1.29 is 0 Å². The third-order valence-corrected chi connectivity index (χ3v) is 1.62. The number of H-pyrrole nitrogens is 1. The minimum atomic E-state index is 0.543. The van der Waals surface area contributed by atoms with Crippen LogP contribution < -0.4 is 0 Å². The molecule has 1 rings (SSSR count). The number of aromatic amines is 1. The van der Waals surface area contributed by atoms with Crippen LogP contribution in [0.3, 0.4) is 0 Å². The number of aromatic nitrogens is 2. The molecule has 1 heterocycles. The molecular formula is C9H13N3. The molecule has 0 amide bonds. The first-order chi connectivity index (χ1) is 5.63. The average Bonchev–Trinajstić information content (AvgIpc) is 2.29. The van der Waals surface area contributed by atoms with Gasteiger partial charge in [0.2, 0.25) is 0 Å². The first-order valence-corrected chi connectivity index (χ1v) is 4.09. The minimum Gasteiger partial charge on any atom is -0.345 e. The molecule has 3 heteroatoms. The van der Waals surface area contributed by atoms with Gasteiger partial charge in [0, 0.05) is 0 Å². The Morgan fingerprint density at radius 3 is 2.75 bits per heavy atom. The summed E-state index contributed by atoms with van der Waals surface area (Å²) < 4.78 is 0. The maximum atomic E-state index is 8.71. The summed E-state index contributed by atoms with van der Waals surface area (Å²) in [7, 11) is 0. The molecule has 0 radical (unpaired) electrons. The molecule has 1 N–H and O–H groups in total. The van der Waals surface area contributed by atoms with Crippen molar-refractivity contribution in [1.82, 2.24) is 9.97 Å². The maximum Gasteiger partial charge on any atom is 0.161 e. The Labute approximate surface area is 72.4 Å². The lowest BCUT2D eigenvalue weighted by molar-refractivity contribution is 0.636. The predicted octanol–water partition coefficient (Wildman–Crippen LogP) is 1.79. The second-order valence-electron chi connectivity index (χ2n) is 3.36. The molecule has 0 spiro atoms. The van der Waals surface area contributed by atoms with Crippen molar-refractivity contribution in [2.45, 2.75) is 27.2 Å². The Bertz CT molecular complexity index is 304. The van der Waals surface area contributed by atoms with Crippen LogP contribution in [0.4, 0.5) is 0 Å². The fraction of sp³-hybridized carbons (Fsp3) is 0.556. The highest BCUT2D eigenvalue weighted by Gasteiger charge is 2.08. The highest BCUT2D eigenvalue weighted by Crippen LogP contribution is 2.10. The first-order valence-electron chi connectivity index (χ1n) is 4.09. The molecule has 0 unspecified atom stereocenters. The monoisotopic (exact) mass is 163 g/mol. The van der Waals surface area contributed by atoms with E-state index < -0.39 is 0 Å². The van der Waals surface area contributed by atoms with E-state index in [9.17, 15) is 0 Å². The average molecular weight is 163 g/mol. The smallest absolute Gasteiger partial charge is 0.161 e. The molecule has 0 saturated carbocycles. The van der Waals surface area contributed by atoms with Gasteiger partial charge < -0.3 is 4.98 Å². The molecule has 1 aromatic heterocycles. The Morgan fingerprint density at radius 2 is 2.25 bits per heavy atom. The van der Waals surface area contributed by atoms with Gasteiger partial charge in [-0.05, 0) is 19.3 Å². The summed E-state index contributed by atoms with van der Waals surface area (Å²) in [6.07, 6.45) is 0.893. The molecular weight excluding hydrogens is 150 g/mol. The zero-order chi connectivity index (χ0) is 9.14. The van der Waals surface area contributed by atoms with Gasteiger partial charge in [0.25, 0.3) is 0 Å². The number of imidazole rings is 1. The van der Waals surface area contributed by atoms with E-state index in [0.717, 1.165) is 17.9 Å². The van der Waals surface area contributed by atoms with E-state index in [1.807, 2.05) is 6.92 Å². The summed E-state index contributed by atoms with van der Waals surface area (Å²) in [5.74, 6) is 1.37. The van der Waals surface area contributed by atoms with Crippen LogP contribution in [0.15, 0.2) is 0 Å². The Morgan fingerprint density at radius 1 is 1.58 bits per heavy atom. The van der Waals surface area contributed by atoms with Crippen LogP contribution in [0.2, 0.25) is 0 Å². The summed E-state index contributed by atoms with van der Waals surface area (Å²) >= 11 is 0. The quantitative estimate of drug-likeness (QED) is 0.722. The topological polar surface area (TPSA) is 52.5 Å². The molecule has 12 heavy (non-hydrogen) atoms. The predicted molar refractivity (Wildman–Crippen MR) is 46.6 cm³/mol. The third kappa shape index (κ3) is 1.85. The summed E-state index contributed by atoms with van der Waals surface area (Å²) in [6.45, 7) is 6.11. The lowest BCUT2D eigenvalue weighted by Crippen LogP contribution is -1.96. The number of hydrogen-bond donors (Lipinski definition) is 1. The number of nitrogens with one attached hydrogen (secondary N) is 1. The van der Waals surface area contributed by atoms with Gasteiger partial charge in [-0.25, -0.2) is 4.98 Å². The standard InChI is InChI=1S/C9H13N3/c1-6(2)4-8-9(5-10)12-7(3)11-8/h6H,4H2,1-3H3,(H,11,12). The summed E-state index contributed by atoms with van der Waals surface area (Å²) in [5.41, 5.74) is 1.51. The van der Waals surface area contributed by atoms with E-state index in [-0.39, 0.29) is 0 Å². The zero-order valence-electron chi connectivity index (χ0n) is 7.68. The van der Waals surface area contributed by atoms with E-state index >= 15 is 0 Å². The fourth-order valence-electron chi connectivity index (χ4n) is 1.19. The summed E-state index contributed by atoms with van der Waals surface area (Å²) in [4.78, 5) is 7.16. The van der Waals surface area contributed by atoms with Gasteiger partial charge in [0.05, 0.1) is 5.69 Å². The molecule has 0 aliphatic heterocycles. The molecule has 0 atom stereocenters. The van der Waals surface area contributed by atoms with Crippen molar-refractivity contribution in [3.63, 3.8) is 0 Å². The van der Waals surface area contributed by atoms with Crippen molar-refractivity contribution in [2.24, 2.45) is 5.92 Å². The Balaban J connectivity index is 2.91. The van der Waals surface area contributed by atoms with Gasteiger partial charge in [-0.3, -0.25) is 0 Å². The SMILES string of the molecule is Cc1nc(C#N)c(CC(C)C)[nH]1. The van der Waals surface area contributed by atoms with E-state index in [4.69, 9.17) is 5.26 Å². The zero-order valence-corrected chi connectivity index (χ0v) is 7.68. The second-order valence-corrected chi connectivity index (χ2v) is 3.36. The van der Waals surface area contributed by atoms with Crippen molar-refractivity contribution in [3.8, 4) is 6.07 Å². The van der Waals surface area contributed by atoms with Crippen molar-refractivity contribution in [3.05, 3.63) is 17.2 Å². The minimum absolute atomic E-state index is 0.543. The maximum absolute atomic E-state index is 8.71. The molecule has 1 aromatic rings. The highest BCUT2D eigenvalue weighted by atomic mass is 14.9. The first kappa shape index (κ1) is 8.79. The summed E-state index contributed by atoms with van der Waals surface area (Å²) in [6, 6.07) is 2.08. The van der Waals surface area contributed by atoms with Crippen LogP contribution in [-0.2, 0) is 6.42 Å². The molecule has 0 fully saturated rings. The van der Waals surface area contributed by atoms with Crippen molar-refractivity contribution in [1.29, 1.82) is 5.26 Å². The number of nitriles is 1. The molecule has 3 nitrogen and oxygen atoms in total. The van der Waals surface area contributed by atoms with Crippen LogP contribution in [0, 0.1) is 24.2 Å². The molecule has 0 saturated heterocycles. The largest absolute Gasteiger partial charge is 0.345 e. The van der Waals surface area contributed by atoms with Gasteiger partial charge in [-0.1, -0.05) is 13.8 Å². The van der Waals surface area contributed by atoms with E-state index in [0.29, 0.717) is 11.6 Å². The molecule has 0 aliphatic carbocycles. The van der Waals surface area contributed by atoms with Crippen LogP contribution in [0.5, 0.6) is 0 Å². The molecule has 0 bridgehead atoms. The van der Waals surface area contributed by atoms with E-state index in [2.05, 4.69) is 29.9 Å². The number of hydrogen-bond acceptors (Lipinski definition) is 2. The molecule has 0 aromatic carbocycles. The van der Waals surface area contributed by atoms with E-state index in [1.165, 1.54) is 0 Å². The van der Waals surface area contributed by atoms with Crippen molar-refractivity contribution >= 4 is 0 Å².